The van der Waals surface area contributed by atoms with Gasteiger partial charge in [-0.15, -0.1) is 0 Å². The third kappa shape index (κ3) is 2.70. The molecule has 1 N–H and O–H groups in total. The molecule has 0 spiro atoms. The van der Waals surface area contributed by atoms with Crippen molar-refractivity contribution in [2.75, 3.05) is 17.8 Å². The minimum absolute atomic E-state index is 0.119. The largest absolute Gasteiger partial charge is 0.497 e. The number of carbonyl (C=O) groups excluding carboxylic acids is 1. The summed E-state index contributed by atoms with van der Waals surface area (Å²) in [6.07, 6.45) is 0. The Morgan fingerprint density at radius 2 is 2.36 bits per heavy atom. The van der Waals surface area contributed by atoms with E-state index in [1.807, 2.05) is 0 Å². The van der Waals surface area contributed by atoms with E-state index in [9.17, 15) is 9.18 Å². The van der Waals surface area contributed by atoms with Crippen molar-refractivity contribution in [3.8, 4) is 5.75 Å². The van der Waals surface area contributed by atoms with Gasteiger partial charge in [-0.25, -0.2) is 4.39 Å². The molecule has 76 valence electrons. The fourth-order valence-electron chi connectivity index (χ4n) is 0.911. The topological polar surface area (TPSA) is 38.3 Å². The van der Waals surface area contributed by atoms with Gasteiger partial charge < -0.3 is 10.1 Å². The van der Waals surface area contributed by atoms with Crippen molar-refractivity contribution >= 4 is 27.5 Å². The highest BCUT2D eigenvalue weighted by Gasteiger charge is 2.06. The number of methoxy groups -OCH3 is 1. The van der Waals surface area contributed by atoms with E-state index in [-0.39, 0.29) is 16.9 Å². The fraction of sp³-hybridized carbons (Fsp3) is 0.222. The molecule has 0 unspecified atom stereocenters. The third-order valence-corrected chi connectivity index (χ3v) is 2.08. The maximum absolute atomic E-state index is 13.1. The van der Waals surface area contributed by atoms with Gasteiger partial charge in [-0.2, -0.15) is 0 Å². The van der Waals surface area contributed by atoms with Crippen molar-refractivity contribution in [3.63, 3.8) is 0 Å². The van der Waals surface area contributed by atoms with Crippen molar-refractivity contribution in [1.29, 1.82) is 0 Å². The first kappa shape index (κ1) is 11.0. The average Bonchev–Trinajstić information content (AvgIpc) is 2.21. The summed E-state index contributed by atoms with van der Waals surface area (Å²) < 4.78 is 18.0. The van der Waals surface area contributed by atoms with E-state index in [0.717, 1.165) is 0 Å². The van der Waals surface area contributed by atoms with Crippen LogP contribution in [0.3, 0.4) is 0 Å². The van der Waals surface area contributed by atoms with Gasteiger partial charge in [0.1, 0.15) is 11.6 Å². The quantitative estimate of drug-likeness (QED) is 0.848. The number of anilines is 1. The first-order chi connectivity index (χ1) is 6.67. The molecular formula is C9H9BrFNO2. The molecule has 1 aromatic carbocycles. The normalized spacial score (nSPS) is 9.64. The van der Waals surface area contributed by atoms with Gasteiger partial charge in [0.25, 0.3) is 0 Å². The van der Waals surface area contributed by atoms with E-state index in [0.29, 0.717) is 5.75 Å². The van der Waals surface area contributed by atoms with Crippen LogP contribution in [0.15, 0.2) is 18.2 Å². The van der Waals surface area contributed by atoms with E-state index >= 15 is 0 Å². The maximum Gasteiger partial charge on any atom is 0.235 e. The van der Waals surface area contributed by atoms with Gasteiger partial charge in [-0.3, -0.25) is 4.79 Å². The molecule has 1 amide bonds. The van der Waals surface area contributed by atoms with Crippen LogP contribution < -0.4 is 10.1 Å². The van der Waals surface area contributed by atoms with Gasteiger partial charge in [0.2, 0.25) is 5.91 Å². The lowest BCUT2D eigenvalue weighted by molar-refractivity contribution is -0.113. The second-order valence-corrected chi connectivity index (χ2v) is 3.09. The molecule has 0 radical (unpaired) electrons. The second-order valence-electron chi connectivity index (χ2n) is 2.53. The SMILES string of the molecule is COc1ccc(F)c(NC(=O)CBr)c1. The summed E-state index contributed by atoms with van der Waals surface area (Å²) in [5.41, 5.74) is 0.119. The van der Waals surface area contributed by atoms with E-state index in [1.165, 1.54) is 25.3 Å². The minimum Gasteiger partial charge on any atom is -0.497 e. The molecule has 5 heteroatoms. The van der Waals surface area contributed by atoms with Gasteiger partial charge in [-0.05, 0) is 12.1 Å². The first-order valence-corrected chi connectivity index (χ1v) is 4.99. The molecule has 0 aliphatic rings. The summed E-state index contributed by atoms with van der Waals surface area (Å²) in [5, 5.41) is 2.52. The Balaban J connectivity index is 2.89. The Morgan fingerprint density at radius 1 is 1.64 bits per heavy atom. The molecule has 3 nitrogen and oxygen atoms in total. The molecule has 0 saturated heterocycles. The average molecular weight is 262 g/mol. The lowest BCUT2D eigenvalue weighted by Crippen LogP contribution is -2.13. The van der Waals surface area contributed by atoms with Crippen LogP contribution in [0.1, 0.15) is 0 Å². The van der Waals surface area contributed by atoms with Crippen molar-refractivity contribution in [2.24, 2.45) is 0 Å². The van der Waals surface area contributed by atoms with Crippen molar-refractivity contribution in [1.82, 2.24) is 0 Å². The van der Waals surface area contributed by atoms with Crippen LogP contribution in [0, 0.1) is 5.82 Å². The molecular weight excluding hydrogens is 253 g/mol. The number of nitrogens with one attached hydrogen (secondary N) is 1. The molecule has 0 aliphatic carbocycles. The molecule has 0 aliphatic heterocycles. The molecule has 0 bridgehead atoms. The van der Waals surface area contributed by atoms with Crippen LogP contribution in [0.25, 0.3) is 0 Å². The Kier molecular flexibility index (Phi) is 3.88. The Hall–Kier alpha value is -1.10. The molecule has 0 saturated carbocycles. The van der Waals surface area contributed by atoms with Gasteiger partial charge in [0.05, 0.1) is 18.1 Å². The number of alkyl halides is 1. The van der Waals surface area contributed by atoms with E-state index in [4.69, 9.17) is 4.74 Å². The highest BCUT2D eigenvalue weighted by atomic mass is 79.9. The van der Waals surface area contributed by atoms with Crippen LogP contribution in [0.2, 0.25) is 0 Å². The monoisotopic (exact) mass is 261 g/mol. The summed E-state index contributed by atoms with van der Waals surface area (Å²) in [4.78, 5) is 11.0. The smallest absolute Gasteiger partial charge is 0.235 e. The fourth-order valence-corrected chi connectivity index (χ4v) is 1.05. The summed E-state index contributed by atoms with van der Waals surface area (Å²) in [6, 6.07) is 4.15. The number of carbonyl (C=O) groups is 1. The molecule has 0 aromatic heterocycles. The van der Waals surface area contributed by atoms with Crippen LogP contribution >= 0.6 is 15.9 Å². The molecule has 14 heavy (non-hydrogen) atoms. The number of amides is 1. The van der Waals surface area contributed by atoms with Gasteiger partial charge in [0, 0.05) is 6.07 Å². The Bertz CT molecular complexity index is 344. The minimum atomic E-state index is -0.486. The van der Waals surface area contributed by atoms with E-state index in [1.54, 1.807) is 0 Å². The number of benzene rings is 1. The number of hydrogen-bond donors (Lipinski definition) is 1. The summed E-state index contributed by atoms with van der Waals surface area (Å²) in [6.45, 7) is 0. The standard InChI is InChI=1S/C9H9BrFNO2/c1-14-6-2-3-7(11)8(4-6)12-9(13)5-10/h2-4H,5H2,1H3,(H,12,13). The highest BCUT2D eigenvalue weighted by molar-refractivity contribution is 9.09. The highest BCUT2D eigenvalue weighted by Crippen LogP contribution is 2.20. The summed E-state index contributed by atoms with van der Waals surface area (Å²) >= 11 is 2.97. The molecule has 1 aromatic rings. The van der Waals surface area contributed by atoms with Crippen LogP contribution in [0.5, 0.6) is 5.75 Å². The van der Waals surface area contributed by atoms with Gasteiger partial charge >= 0.3 is 0 Å². The number of ether oxygens (including phenoxy) is 1. The Labute approximate surface area is 89.4 Å². The van der Waals surface area contributed by atoms with Crippen molar-refractivity contribution in [3.05, 3.63) is 24.0 Å². The molecule has 0 heterocycles. The first-order valence-electron chi connectivity index (χ1n) is 3.86. The second kappa shape index (κ2) is 4.95. The zero-order valence-electron chi connectivity index (χ0n) is 7.51. The number of hydrogen-bond acceptors (Lipinski definition) is 2. The van der Waals surface area contributed by atoms with Crippen molar-refractivity contribution in [2.45, 2.75) is 0 Å². The predicted octanol–water partition coefficient (Wildman–Crippen LogP) is 2.17. The Morgan fingerprint density at radius 3 is 2.93 bits per heavy atom. The zero-order chi connectivity index (χ0) is 10.6. The van der Waals surface area contributed by atoms with Crippen LogP contribution in [-0.2, 0) is 4.79 Å². The van der Waals surface area contributed by atoms with Crippen molar-refractivity contribution < 1.29 is 13.9 Å². The van der Waals surface area contributed by atoms with Crippen LogP contribution in [0.4, 0.5) is 10.1 Å². The molecule has 1 rings (SSSR count). The van der Waals surface area contributed by atoms with Crippen LogP contribution in [-0.4, -0.2) is 18.3 Å². The molecule has 0 atom stereocenters. The van der Waals surface area contributed by atoms with E-state index in [2.05, 4.69) is 21.2 Å². The molecule has 0 fully saturated rings. The van der Waals surface area contributed by atoms with Gasteiger partial charge in [-0.1, -0.05) is 15.9 Å². The third-order valence-electron chi connectivity index (χ3n) is 1.57. The predicted molar refractivity (Wildman–Crippen MR) is 55.4 cm³/mol. The summed E-state index contributed by atoms with van der Waals surface area (Å²) in [7, 11) is 1.48. The maximum atomic E-state index is 13.1. The number of halogens is 2. The lowest BCUT2D eigenvalue weighted by atomic mass is 10.3. The van der Waals surface area contributed by atoms with Gasteiger partial charge in [0.15, 0.2) is 0 Å². The number of rotatable bonds is 3. The summed E-state index contributed by atoms with van der Waals surface area (Å²) in [5.74, 6) is -0.298. The zero-order valence-corrected chi connectivity index (χ0v) is 9.10. The van der Waals surface area contributed by atoms with E-state index < -0.39 is 5.82 Å². The lowest BCUT2D eigenvalue weighted by Gasteiger charge is -2.06.